The maximum Gasteiger partial charge on any atom is 0.397 e. The molecule has 8 aliphatic rings. The van der Waals surface area contributed by atoms with Crippen LogP contribution in [0.4, 0.5) is 43.9 Å². The molecule has 0 radical (unpaired) electrons. The van der Waals surface area contributed by atoms with Crippen molar-refractivity contribution in [3.8, 4) is 0 Å². The third kappa shape index (κ3) is 22.1. The molecule has 4 aliphatic heterocycles. The van der Waals surface area contributed by atoms with E-state index in [1.54, 1.807) is 27.7 Å². The summed E-state index contributed by atoms with van der Waals surface area (Å²) in [5, 5.41) is 8.20. The van der Waals surface area contributed by atoms with Gasteiger partial charge in [-0.2, -0.15) is 26.3 Å². The number of fused-ring (bicyclic) bond motifs is 3. The molecule has 4 saturated carbocycles. The Morgan fingerprint density at radius 2 is 1.22 bits per heavy atom. The lowest BCUT2D eigenvalue weighted by Crippen LogP contribution is -2.68. The van der Waals surface area contributed by atoms with Gasteiger partial charge in [-0.05, 0) is 145 Å². The molecule has 2 bridgehead atoms. The Labute approximate surface area is 648 Å². The summed E-state index contributed by atoms with van der Waals surface area (Å²) in [4.78, 5) is 192. The van der Waals surface area contributed by atoms with Gasteiger partial charge in [0, 0.05) is 74.9 Å². The summed E-state index contributed by atoms with van der Waals surface area (Å²) in [6.07, 6.45) is -21.2. The molecule has 12 amide bonds. The highest BCUT2D eigenvalue weighted by atomic mass is 19.4. The van der Waals surface area contributed by atoms with E-state index in [4.69, 9.17) is 9.47 Å². The number of nitrogens with one attached hydrogen (secondary N) is 3. The van der Waals surface area contributed by atoms with Crippen molar-refractivity contribution >= 4 is 70.9 Å². The van der Waals surface area contributed by atoms with E-state index in [1.807, 2.05) is 0 Å². The van der Waals surface area contributed by atoms with Gasteiger partial charge in [0.1, 0.15) is 78.7 Å². The van der Waals surface area contributed by atoms with Gasteiger partial charge in [-0.1, -0.05) is 47.0 Å². The van der Waals surface area contributed by atoms with Gasteiger partial charge in [0.25, 0.3) is 6.43 Å². The van der Waals surface area contributed by atoms with Crippen LogP contribution < -0.4 is 16.0 Å². The number of carbonyl (C=O) groups is 12. The Balaban J connectivity index is 1.21. The first-order chi connectivity index (χ1) is 52.6. The zero-order chi connectivity index (χ0) is 82.8. The fraction of sp³-hybridized carbons (Fsp3) is 0.842. The lowest BCUT2D eigenvalue weighted by molar-refractivity contribution is -0.219. The van der Waals surface area contributed by atoms with Crippen LogP contribution in [0.25, 0.3) is 0 Å². The summed E-state index contributed by atoms with van der Waals surface area (Å²) in [6.45, 7) is 3.89. The number of halogens is 10. The molecule has 26 nitrogen and oxygen atoms in total. The standard InChI is InChI=1S/C76H116F10N12O14/c1-11-44(4)63-71(108)91(6)41-61(101)92(7)53-19-14-15-28-97(70(53)107)57(36-45-20-23-48(24-21-45)75(81,82)83)68(105)90(5)40-59(99)87-52(25-22-46-34-50(77)62(51(78)35-46)76(84,85)86)67(104)98-39-49(112-42-58(79)80)37-55(98)66(103)89-74(26-16-27-74)73(110)95(10)64(47-17-12-13-18-47)72(109)94(9)56(69(106)96-29-31-111-32-30-96)38-60(100)93(8)54(33-43(2)3)65(102)88-63/h43-58,62-64H,11-42H2,1-10H3,(H,87,99)(H,88,102)(H,89,103)/t44-,45?,46?,48?,49+,50?,51?,52-,53-,54-,55-,56-,57-,62?,63-,64-/m0/s1. The van der Waals surface area contributed by atoms with Crippen molar-refractivity contribution in [1.82, 2.24) is 60.0 Å². The van der Waals surface area contributed by atoms with E-state index in [2.05, 4.69) is 16.0 Å². The molecule has 36 heteroatoms. The molecule has 12 atom stereocenters. The maximum atomic E-state index is 15.7. The van der Waals surface area contributed by atoms with Crippen LogP contribution in [0.3, 0.4) is 0 Å². The van der Waals surface area contributed by atoms with Gasteiger partial charge in [-0.3, -0.25) is 57.5 Å². The average molecular weight is 1610 g/mol. The molecule has 0 aromatic heterocycles. The third-order valence-corrected chi connectivity index (χ3v) is 24.9. The van der Waals surface area contributed by atoms with Gasteiger partial charge in [0.2, 0.25) is 70.9 Å². The number of amides is 12. The Kier molecular flexibility index (Phi) is 31.5. The highest BCUT2D eigenvalue weighted by Crippen LogP contribution is 2.46. The van der Waals surface area contributed by atoms with Gasteiger partial charge < -0.3 is 69.5 Å². The van der Waals surface area contributed by atoms with Crippen molar-refractivity contribution in [3.63, 3.8) is 0 Å². The smallest absolute Gasteiger partial charge is 0.378 e. The van der Waals surface area contributed by atoms with Crippen molar-refractivity contribution < 1.29 is 111 Å². The predicted octanol–water partition coefficient (Wildman–Crippen LogP) is 6.20. The van der Waals surface area contributed by atoms with Gasteiger partial charge in [0.15, 0.2) is 0 Å². The average Bonchev–Trinajstić information content (AvgIpc) is 1.11. The van der Waals surface area contributed by atoms with Crippen molar-refractivity contribution in [2.75, 3.05) is 101 Å². The van der Waals surface area contributed by atoms with Crippen LogP contribution in [0.2, 0.25) is 0 Å². The van der Waals surface area contributed by atoms with E-state index in [9.17, 15) is 54.3 Å². The first kappa shape index (κ1) is 90.4. The quantitative estimate of drug-likeness (QED) is 0.163. The first-order valence-corrected chi connectivity index (χ1v) is 39.8. The highest BCUT2D eigenvalue weighted by Gasteiger charge is 2.57. The molecular formula is C76H116F10N12O14. The van der Waals surface area contributed by atoms with Crippen molar-refractivity contribution in [2.45, 2.75) is 266 Å². The largest absolute Gasteiger partial charge is 0.397 e. The number of carbonyl (C=O) groups excluding carboxylic acids is 12. The maximum absolute atomic E-state index is 15.7. The zero-order valence-corrected chi connectivity index (χ0v) is 66.1. The van der Waals surface area contributed by atoms with Gasteiger partial charge in [-0.25, -0.2) is 17.6 Å². The number of ether oxygens (including phenoxy) is 2. The third-order valence-electron chi connectivity index (χ3n) is 24.9. The molecular weight excluding hydrogens is 1490 g/mol. The predicted molar refractivity (Wildman–Crippen MR) is 386 cm³/mol. The SMILES string of the molecule is CC[C@H](C)[C@@H]1NC(=O)[C@H](CC(C)C)N(C)C(=O)C[C@@H](C(=O)N2CCOCC2)N(C)C(=O)[C@H](C2CCCC2)N(C)C(=O)C2(CCC2)NC(=O)[C@@H]2C[C@@H](OCC(F)F)CN2C(=O)[C@H](CCC2CC(F)C(C(F)(F)F)C(F)C2)NC(=O)CN(C)C(=O)[C@H](CC2CCC(C(F)(F)F)CC2)N2CCCC[C@@H](C2=O)N(C)C(=O)CN(C)C1=O. The van der Waals surface area contributed by atoms with Crippen LogP contribution in [0.1, 0.15) is 175 Å². The number of nitrogens with zero attached hydrogens (tertiary/aromatic N) is 9. The summed E-state index contributed by atoms with van der Waals surface area (Å²) >= 11 is 0. The van der Waals surface area contributed by atoms with Crippen molar-refractivity contribution in [1.29, 1.82) is 0 Å². The number of hydrogen-bond acceptors (Lipinski definition) is 14. The molecule has 4 aliphatic carbocycles. The molecule has 0 aromatic rings. The fourth-order valence-corrected chi connectivity index (χ4v) is 17.8. The van der Waals surface area contributed by atoms with Gasteiger partial charge >= 0.3 is 12.4 Å². The van der Waals surface area contributed by atoms with E-state index in [1.165, 1.54) is 49.9 Å². The van der Waals surface area contributed by atoms with Gasteiger partial charge in [0.05, 0.1) is 44.7 Å². The van der Waals surface area contributed by atoms with E-state index in [0.29, 0.717) is 44.9 Å². The van der Waals surface area contributed by atoms with Crippen LogP contribution >= 0.6 is 0 Å². The van der Waals surface area contributed by atoms with Crippen molar-refractivity contribution in [2.24, 2.45) is 41.4 Å². The van der Waals surface area contributed by atoms with Crippen LogP contribution in [-0.4, -0.2) is 307 Å². The molecule has 4 heterocycles. The number of rotatable bonds is 14. The first-order valence-electron chi connectivity index (χ1n) is 39.8. The lowest BCUT2D eigenvalue weighted by atomic mass is 9.74. The monoisotopic (exact) mass is 1610 g/mol. The van der Waals surface area contributed by atoms with E-state index < -0.39 is 262 Å². The minimum atomic E-state index is -5.27. The Hall–Kier alpha value is -7.14. The zero-order valence-electron chi connectivity index (χ0n) is 66.1. The normalized spacial score (nSPS) is 31.9. The van der Waals surface area contributed by atoms with Gasteiger partial charge in [-0.15, -0.1) is 0 Å². The number of hydrogen-bond donors (Lipinski definition) is 3. The molecule has 8 rings (SSSR count). The molecule has 634 valence electrons. The van der Waals surface area contributed by atoms with Crippen LogP contribution in [0, 0.1) is 41.4 Å². The fourth-order valence-electron chi connectivity index (χ4n) is 17.8. The van der Waals surface area contributed by atoms with Crippen molar-refractivity contribution in [3.05, 3.63) is 0 Å². The molecule has 4 saturated heterocycles. The Morgan fingerprint density at radius 1 is 0.607 bits per heavy atom. The van der Waals surface area contributed by atoms with E-state index in [-0.39, 0.29) is 103 Å². The number of likely N-dealkylation sites (N-methyl/N-ethyl adjacent to an activating group) is 6. The summed E-state index contributed by atoms with van der Waals surface area (Å²) < 4.78 is 154. The minimum absolute atomic E-state index is 0.0264. The van der Waals surface area contributed by atoms with Crippen LogP contribution in [0.15, 0.2) is 0 Å². The molecule has 112 heavy (non-hydrogen) atoms. The summed E-state index contributed by atoms with van der Waals surface area (Å²) in [7, 11) is 7.84. The molecule has 0 aromatic carbocycles. The molecule has 2 unspecified atom stereocenters. The second-order valence-electron chi connectivity index (χ2n) is 33.1. The van der Waals surface area contributed by atoms with Crippen LogP contribution in [0.5, 0.6) is 0 Å². The summed E-state index contributed by atoms with van der Waals surface area (Å²) in [5.74, 6) is -18.0. The second kappa shape index (κ2) is 39.0. The second-order valence-corrected chi connectivity index (χ2v) is 33.1. The lowest BCUT2D eigenvalue weighted by Gasteiger charge is -2.47. The topological polar surface area (TPSA) is 289 Å². The van der Waals surface area contributed by atoms with E-state index in [0.717, 1.165) is 36.4 Å². The van der Waals surface area contributed by atoms with E-state index >= 15 is 47.1 Å². The number of alkyl halides is 10. The summed E-state index contributed by atoms with van der Waals surface area (Å²) in [5.41, 5.74) is -1.82. The molecule has 1 spiro atoms. The highest BCUT2D eigenvalue weighted by molar-refractivity contribution is 6.01. The summed E-state index contributed by atoms with van der Waals surface area (Å²) in [6, 6.07) is -12.0. The number of morpholine rings is 1. The Morgan fingerprint density at radius 3 is 1.79 bits per heavy atom. The molecule has 8 fully saturated rings. The van der Waals surface area contributed by atoms with Crippen LogP contribution in [-0.2, 0) is 67.0 Å². The molecule has 3 N–H and O–H groups in total. The Bertz CT molecular complexity index is 3310. The minimum Gasteiger partial charge on any atom is -0.378 e.